The zero-order valence-corrected chi connectivity index (χ0v) is 24.3. The maximum absolute atomic E-state index is 14.9. The molecule has 1 N–H and O–H groups in total. The van der Waals surface area contributed by atoms with E-state index >= 15 is 0 Å². The Morgan fingerprint density at radius 3 is 2.48 bits per heavy atom. The Bertz CT molecular complexity index is 1450. The zero-order valence-electron chi connectivity index (χ0n) is 24.3. The minimum absolute atomic E-state index is 0.0508. The molecular weight excluding hydrogens is 539 g/mol. The largest absolute Gasteiger partial charge is 0.487 e. The first-order valence-electron chi connectivity index (χ1n) is 14.4. The van der Waals surface area contributed by atoms with Gasteiger partial charge in [-0.15, -0.1) is 0 Å². The highest BCUT2D eigenvalue weighted by Gasteiger charge is 2.35. The summed E-state index contributed by atoms with van der Waals surface area (Å²) in [6.45, 7) is 8.11. The summed E-state index contributed by atoms with van der Waals surface area (Å²) in [6.07, 6.45) is -0.580. The van der Waals surface area contributed by atoms with Gasteiger partial charge in [0.25, 0.3) is 5.91 Å². The van der Waals surface area contributed by atoms with Gasteiger partial charge in [0.15, 0.2) is 11.9 Å². The van der Waals surface area contributed by atoms with Gasteiger partial charge in [-0.2, -0.15) is 5.26 Å². The number of nitriles is 1. The summed E-state index contributed by atoms with van der Waals surface area (Å²) in [7, 11) is 0. The van der Waals surface area contributed by atoms with Crippen LogP contribution in [0.2, 0.25) is 0 Å². The monoisotopic (exact) mass is 576 g/mol. The van der Waals surface area contributed by atoms with Crippen molar-refractivity contribution < 1.29 is 27.9 Å². The lowest BCUT2D eigenvalue weighted by Crippen LogP contribution is -2.50. The van der Waals surface area contributed by atoms with Gasteiger partial charge >= 0.3 is 6.09 Å². The zero-order chi connectivity index (χ0) is 29.9. The first-order valence-corrected chi connectivity index (χ1v) is 14.4. The van der Waals surface area contributed by atoms with Crippen molar-refractivity contribution in [3.05, 3.63) is 65.4 Å². The molecule has 1 aromatic heterocycles. The number of likely N-dealkylation sites (tertiary alicyclic amines) is 2. The highest BCUT2D eigenvalue weighted by atomic mass is 19.1. The third-order valence-electron chi connectivity index (χ3n) is 7.54. The van der Waals surface area contributed by atoms with Crippen molar-refractivity contribution in [1.82, 2.24) is 15.1 Å². The molecule has 2 aliphatic heterocycles. The molecular formula is C32H37FN4O5. The quantitative estimate of drug-likeness (QED) is 0.417. The van der Waals surface area contributed by atoms with Crippen LogP contribution in [0.1, 0.15) is 61.7 Å². The number of nitrogens with one attached hydrogen (secondary N) is 1. The first kappa shape index (κ1) is 29.4. The number of ether oxygens (including phenoxy) is 2. The molecule has 3 aromatic rings. The minimum atomic E-state index is -1.36. The van der Waals surface area contributed by atoms with E-state index in [1.54, 1.807) is 45.0 Å². The molecule has 10 heteroatoms. The summed E-state index contributed by atoms with van der Waals surface area (Å²) in [5, 5.41) is 12.8. The van der Waals surface area contributed by atoms with Crippen LogP contribution < -0.4 is 10.1 Å². The van der Waals surface area contributed by atoms with Crippen LogP contribution in [0, 0.1) is 11.3 Å². The number of nitrogens with zero attached hydrogens (tertiary/aromatic N) is 3. The minimum Gasteiger partial charge on any atom is -0.487 e. The van der Waals surface area contributed by atoms with E-state index < -0.39 is 24.0 Å². The van der Waals surface area contributed by atoms with Crippen LogP contribution in [0.3, 0.4) is 0 Å². The Morgan fingerprint density at radius 2 is 1.81 bits per heavy atom. The molecule has 5 rings (SSSR count). The first-order chi connectivity index (χ1) is 20.1. The van der Waals surface area contributed by atoms with Crippen LogP contribution in [0.25, 0.3) is 11.0 Å². The fourth-order valence-corrected chi connectivity index (χ4v) is 5.32. The average molecular weight is 577 g/mol. The summed E-state index contributed by atoms with van der Waals surface area (Å²) in [4.78, 5) is 29.0. The van der Waals surface area contributed by atoms with E-state index in [9.17, 15) is 14.0 Å². The molecule has 3 heterocycles. The second kappa shape index (κ2) is 12.4. The molecule has 0 unspecified atom stereocenters. The Morgan fingerprint density at radius 1 is 1.07 bits per heavy atom. The number of benzene rings is 2. The number of rotatable bonds is 6. The lowest BCUT2D eigenvalue weighted by Gasteiger charge is -2.35. The maximum atomic E-state index is 14.9. The van der Waals surface area contributed by atoms with Crippen molar-refractivity contribution in [3.63, 3.8) is 0 Å². The van der Waals surface area contributed by atoms with Gasteiger partial charge in [-0.25, -0.2) is 9.18 Å². The fourth-order valence-electron chi connectivity index (χ4n) is 5.32. The number of hydrogen-bond acceptors (Lipinski definition) is 7. The SMILES string of the molecule is CC(C)(C)OC(=O)N1CC[C@H](Oc2ccc3oc(C(=O)NC4CCN(Cc5ccc(C#N)cc5)CC4)cc3c2)[C@@H](F)C1. The molecule has 2 saturated heterocycles. The number of fused-ring (bicyclic) bond motifs is 1. The molecule has 9 nitrogen and oxygen atoms in total. The second-order valence-corrected chi connectivity index (χ2v) is 12.0. The van der Waals surface area contributed by atoms with Crippen molar-refractivity contribution in [1.29, 1.82) is 5.26 Å². The number of amides is 2. The van der Waals surface area contributed by atoms with E-state index in [2.05, 4.69) is 16.3 Å². The lowest BCUT2D eigenvalue weighted by atomic mass is 10.0. The topological polar surface area (TPSA) is 108 Å². The van der Waals surface area contributed by atoms with E-state index in [1.807, 2.05) is 24.3 Å². The number of alkyl halides is 1. The smallest absolute Gasteiger partial charge is 0.410 e. The van der Waals surface area contributed by atoms with E-state index in [4.69, 9.17) is 19.2 Å². The Kier molecular flexibility index (Phi) is 8.69. The van der Waals surface area contributed by atoms with Crippen LogP contribution in [0.5, 0.6) is 5.75 Å². The second-order valence-electron chi connectivity index (χ2n) is 12.0. The summed E-state index contributed by atoms with van der Waals surface area (Å²) >= 11 is 0. The standard InChI is InChI=1S/C32H37FN4O5/c1-32(2,3)42-31(39)37-15-12-28(26(33)20-37)40-25-8-9-27-23(16-25)17-29(41-27)30(38)35-24-10-13-36(14-11-24)19-22-6-4-21(18-34)5-7-22/h4-9,16-17,24,26,28H,10-15,19-20H2,1-3H3,(H,35,38)/t26-,28-/m0/s1. The van der Waals surface area contributed by atoms with Crippen molar-refractivity contribution >= 4 is 23.0 Å². The number of piperidine rings is 2. The third-order valence-corrected chi connectivity index (χ3v) is 7.54. The summed E-state index contributed by atoms with van der Waals surface area (Å²) in [5.41, 5.74) is 1.72. The number of furan rings is 1. The van der Waals surface area contributed by atoms with Gasteiger partial charge in [0.2, 0.25) is 0 Å². The Hall–Kier alpha value is -4.10. The summed E-state index contributed by atoms with van der Waals surface area (Å²) in [6, 6.07) is 16.6. The summed E-state index contributed by atoms with van der Waals surface area (Å²) < 4.78 is 32.0. The van der Waals surface area contributed by atoms with Gasteiger partial charge in [0.1, 0.15) is 23.0 Å². The van der Waals surface area contributed by atoms with Crippen molar-refractivity contribution in [2.75, 3.05) is 26.2 Å². The van der Waals surface area contributed by atoms with Crippen LogP contribution in [-0.4, -0.2) is 71.9 Å². The fraction of sp³-hybridized carbons (Fsp3) is 0.469. The highest BCUT2D eigenvalue weighted by Crippen LogP contribution is 2.28. The number of carbonyl (C=O) groups excluding carboxylic acids is 2. The normalized spacial score (nSPS) is 20.2. The molecule has 0 bridgehead atoms. The summed E-state index contributed by atoms with van der Waals surface area (Å²) in [5.74, 6) is 0.428. The molecule has 0 saturated carbocycles. The Balaban J connectivity index is 1.11. The van der Waals surface area contributed by atoms with Gasteiger partial charge in [0.05, 0.1) is 18.2 Å². The maximum Gasteiger partial charge on any atom is 0.410 e. The van der Waals surface area contributed by atoms with Crippen molar-refractivity contribution in [2.45, 2.75) is 70.5 Å². The van der Waals surface area contributed by atoms with Crippen LogP contribution in [-0.2, 0) is 11.3 Å². The van der Waals surface area contributed by atoms with Gasteiger partial charge in [-0.3, -0.25) is 9.69 Å². The van der Waals surface area contributed by atoms with Crippen molar-refractivity contribution in [2.24, 2.45) is 0 Å². The molecule has 0 spiro atoms. The number of carbonyl (C=O) groups is 2. The Labute approximate surface area is 245 Å². The molecule has 2 aromatic carbocycles. The van der Waals surface area contributed by atoms with E-state index in [1.165, 1.54) is 4.90 Å². The molecule has 0 radical (unpaired) electrons. The predicted molar refractivity (Wildman–Crippen MR) is 155 cm³/mol. The molecule has 2 fully saturated rings. The number of hydrogen-bond donors (Lipinski definition) is 1. The number of halogens is 1. The molecule has 0 aliphatic carbocycles. The average Bonchev–Trinajstić information content (AvgIpc) is 3.38. The van der Waals surface area contributed by atoms with Gasteiger partial charge in [0, 0.05) is 44.0 Å². The molecule has 42 heavy (non-hydrogen) atoms. The van der Waals surface area contributed by atoms with Gasteiger partial charge in [-0.1, -0.05) is 12.1 Å². The molecule has 2 amide bonds. The molecule has 2 atom stereocenters. The molecule has 2 aliphatic rings. The van der Waals surface area contributed by atoms with Gasteiger partial charge < -0.3 is 24.1 Å². The van der Waals surface area contributed by atoms with Crippen LogP contribution in [0.4, 0.5) is 9.18 Å². The molecule has 222 valence electrons. The van der Waals surface area contributed by atoms with E-state index in [-0.39, 0.29) is 24.3 Å². The van der Waals surface area contributed by atoms with Crippen molar-refractivity contribution in [3.8, 4) is 11.8 Å². The predicted octanol–water partition coefficient (Wildman–Crippen LogP) is 5.43. The lowest BCUT2D eigenvalue weighted by molar-refractivity contribution is -0.0105. The van der Waals surface area contributed by atoms with E-state index in [0.29, 0.717) is 35.2 Å². The van der Waals surface area contributed by atoms with E-state index in [0.717, 1.165) is 38.0 Å². The highest BCUT2D eigenvalue weighted by molar-refractivity contribution is 5.96. The van der Waals surface area contributed by atoms with Crippen LogP contribution >= 0.6 is 0 Å². The third kappa shape index (κ3) is 7.39. The van der Waals surface area contributed by atoms with Gasteiger partial charge in [-0.05, 0) is 75.6 Å². The van der Waals surface area contributed by atoms with Crippen LogP contribution in [0.15, 0.2) is 52.9 Å².